The van der Waals surface area contributed by atoms with Crippen molar-refractivity contribution in [1.82, 2.24) is 25.2 Å². The lowest BCUT2D eigenvalue weighted by Crippen LogP contribution is -2.23. The van der Waals surface area contributed by atoms with E-state index >= 15 is 0 Å². The normalized spacial score (nSPS) is 10.5. The molecule has 3 aromatic rings. The molecule has 0 aliphatic carbocycles. The van der Waals surface area contributed by atoms with Crippen LogP contribution in [-0.2, 0) is 13.1 Å². The van der Waals surface area contributed by atoms with Gasteiger partial charge in [0, 0.05) is 25.0 Å². The smallest absolute Gasteiger partial charge is 0.307 e. The van der Waals surface area contributed by atoms with Crippen molar-refractivity contribution in [2.24, 2.45) is 0 Å². The van der Waals surface area contributed by atoms with E-state index in [-0.39, 0.29) is 23.8 Å². The van der Waals surface area contributed by atoms with Gasteiger partial charge in [-0.05, 0) is 11.6 Å². The average Bonchev–Trinajstić information content (AvgIpc) is 3.24. The molecule has 0 fully saturated rings. The van der Waals surface area contributed by atoms with Gasteiger partial charge < -0.3 is 9.84 Å². The first-order valence-electron chi connectivity index (χ1n) is 6.91. The highest BCUT2D eigenvalue weighted by molar-refractivity contribution is 5.92. The number of rotatable bonds is 6. The molecule has 10 nitrogen and oxygen atoms in total. The third-order valence-electron chi connectivity index (χ3n) is 3.12. The summed E-state index contributed by atoms with van der Waals surface area (Å²) in [6.45, 7) is 0.455. The zero-order chi connectivity index (χ0) is 16.9. The van der Waals surface area contributed by atoms with Gasteiger partial charge in [0.25, 0.3) is 5.91 Å². The first-order valence-corrected chi connectivity index (χ1v) is 6.91. The van der Waals surface area contributed by atoms with E-state index in [0.717, 1.165) is 11.8 Å². The number of nitro groups is 1. The molecular formula is C14H12N6O4. The fourth-order valence-electron chi connectivity index (χ4n) is 1.96. The van der Waals surface area contributed by atoms with Crippen molar-refractivity contribution in [2.75, 3.05) is 0 Å². The summed E-state index contributed by atoms with van der Waals surface area (Å²) in [5, 5.41) is 20.8. The van der Waals surface area contributed by atoms with E-state index < -0.39 is 4.92 Å². The van der Waals surface area contributed by atoms with Crippen LogP contribution in [0, 0.1) is 10.1 Å². The molecule has 1 N–H and O–H groups in total. The maximum atomic E-state index is 12.0. The van der Waals surface area contributed by atoms with Gasteiger partial charge in [-0.3, -0.25) is 24.6 Å². The van der Waals surface area contributed by atoms with Gasteiger partial charge in [-0.1, -0.05) is 11.2 Å². The van der Waals surface area contributed by atoms with Gasteiger partial charge in [-0.15, -0.1) is 0 Å². The number of amides is 1. The number of hydrogen-bond acceptors (Lipinski definition) is 7. The minimum atomic E-state index is -0.540. The third kappa shape index (κ3) is 3.61. The van der Waals surface area contributed by atoms with Crippen molar-refractivity contribution in [3.8, 4) is 0 Å². The van der Waals surface area contributed by atoms with Crippen LogP contribution in [0.1, 0.15) is 21.8 Å². The molecule has 0 unspecified atom stereocenters. The third-order valence-corrected chi connectivity index (χ3v) is 3.12. The lowest BCUT2D eigenvalue weighted by molar-refractivity contribution is -0.385. The zero-order valence-electron chi connectivity index (χ0n) is 12.3. The molecule has 0 saturated heterocycles. The number of hydrogen-bond donors (Lipinski definition) is 1. The molecule has 0 atom stereocenters. The van der Waals surface area contributed by atoms with E-state index in [2.05, 4.69) is 20.6 Å². The first-order chi connectivity index (χ1) is 11.6. The SMILES string of the molecule is O=C(NCc1cccnc1)c1cc(Cn2cc([N+](=O)[O-])cn2)on1. The van der Waals surface area contributed by atoms with Crippen LogP contribution >= 0.6 is 0 Å². The Bertz CT molecular complexity index is 857. The lowest BCUT2D eigenvalue weighted by Gasteiger charge is -2.01. The van der Waals surface area contributed by atoms with E-state index in [1.54, 1.807) is 18.5 Å². The second-order valence-corrected chi connectivity index (χ2v) is 4.88. The van der Waals surface area contributed by atoms with Gasteiger partial charge >= 0.3 is 5.69 Å². The Morgan fingerprint density at radius 2 is 2.29 bits per heavy atom. The minimum Gasteiger partial charge on any atom is -0.359 e. The Hall–Kier alpha value is -3.56. The average molecular weight is 328 g/mol. The summed E-state index contributed by atoms with van der Waals surface area (Å²) in [6, 6.07) is 5.08. The number of aromatic nitrogens is 4. The monoisotopic (exact) mass is 328 g/mol. The minimum absolute atomic E-state index is 0.121. The van der Waals surface area contributed by atoms with Crippen LogP contribution in [0.4, 0.5) is 5.69 Å². The summed E-state index contributed by atoms with van der Waals surface area (Å²) >= 11 is 0. The molecule has 1 amide bonds. The van der Waals surface area contributed by atoms with Crippen LogP contribution in [-0.4, -0.2) is 30.8 Å². The van der Waals surface area contributed by atoms with Gasteiger partial charge in [-0.2, -0.15) is 5.10 Å². The summed E-state index contributed by atoms with van der Waals surface area (Å²) in [5.41, 5.74) is 0.859. The molecule has 24 heavy (non-hydrogen) atoms. The summed E-state index contributed by atoms with van der Waals surface area (Å²) in [6.07, 6.45) is 5.70. The van der Waals surface area contributed by atoms with Gasteiger partial charge in [0.15, 0.2) is 11.5 Å². The number of nitrogens with one attached hydrogen (secondary N) is 1. The van der Waals surface area contributed by atoms with Gasteiger partial charge in [0.1, 0.15) is 18.9 Å². The number of carbonyl (C=O) groups is 1. The summed E-state index contributed by atoms with van der Waals surface area (Å²) < 4.78 is 6.39. The highest BCUT2D eigenvalue weighted by Crippen LogP contribution is 2.11. The molecule has 10 heteroatoms. The molecule has 122 valence electrons. The molecule has 0 aliphatic heterocycles. The van der Waals surface area contributed by atoms with Crippen molar-refractivity contribution in [1.29, 1.82) is 0 Å². The van der Waals surface area contributed by atoms with Crippen LogP contribution < -0.4 is 5.32 Å². The summed E-state index contributed by atoms with van der Waals surface area (Å²) in [4.78, 5) is 26.0. The Morgan fingerprint density at radius 1 is 1.42 bits per heavy atom. The molecule has 3 rings (SSSR count). The number of pyridine rings is 1. The van der Waals surface area contributed by atoms with Gasteiger partial charge in [0.2, 0.25) is 0 Å². The van der Waals surface area contributed by atoms with Crippen LogP contribution in [0.25, 0.3) is 0 Å². The Labute approximate surface area is 135 Å². The van der Waals surface area contributed by atoms with Crippen molar-refractivity contribution in [3.63, 3.8) is 0 Å². The number of carbonyl (C=O) groups excluding carboxylic acids is 1. The lowest BCUT2D eigenvalue weighted by atomic mass is 10.3. The summed E-state index contributed by atoms with van der Waals surface area (Å²) in [5.74, 6) is -0.0279. The maximum Gasteiger partial charge on any atom is 0.307 e. The summed E-state index contributed by atoms with van der Waals surface area (Å²) in [7, 11) is 0. The van der Waals surface area contributed by atoms with Crippen molar-refractivity contribution < 1.29 is 14.2 Å². The van der Waals surface area contributed by atoms with Gasteiger partial charge in [0.05, 0.1) is 4.92 Å². The Morgan fingerprint density at radius 3 is 3.00 bits per heavy atom. The molecule has 0 aliphatic rings. The molecular weight excluding hydrogens is 316 g/mol. The largest absolute Gasteiger partial charge is 0.359 e. The van der Waals surface area contributed by atoms with Crippen molar-refractivity contribution in [2.45, 2.75) is 13.1 Å². The molecule has 0 aromatic carbocycles. The first kappa shape index (κ1) is 15.3. The quantitative estimate of drug-likeness (QED) is 0.530. The molecule has 0 bridgehead atoms. The van der Waals surface area contributed by atoms with Crippen LogP contribution in [0.5, 0.6) is 0 Å². The fraction of sp³-hybridized carbons (Fsp3) is 0.143. The van der Waals surface area contributed by atoms with Crippen LogP contribution in [0.2, 0.25) is 0 Å². The second kappa shape index (κ2) is 6.69. The van der Waals surface area contributed by atoms with Crippen molar-refractivity contribution >= 4 is 11.6 Å². The Kier molecular flexibility index (Phi) is 4.27. The van der Waals surface area contributed by atoms with E-state index in [9.17, 15) is 14.9 Å². The number of nitrogens with zero attached hydrogens (tertiary/aromatic N) is 5. The predicted molar refractivity (Wildman–Crippen MR) is 79.9 cm³/mol. The van der Waals surface area contributed by atoms with Crippen molar-refractivity contribution in [3.05, 3.63) is 70.1 Å². The zero-order valence-corrected chi connectivity index (χ0v) is 12.3. The molecule has 3 aromatic heterocycles. The van der Waals surface area contributed by atoms with Gasteiger partial charge in [-0.25, -0.2) is 0 Å². The Balaban J connectivity index is 1.60. The maximum absolute atomic E-state index is 12.0. The highest BCUT2D eigenvalue weighted by atomic mass is 16.6. The standard InChI is InChI=1S/C14H12N6O4/c21-14(16-6-10-2-1-3-15-5-10)13-4-12(24-18-13)9-19-8-11(7-17-19)20(22)23/h1-5,7-8H,6,9H2,(H,16,21). The highest BCUT2D eigenvalue weighted by Gasteiger charge is 2.14. The molecule has 0 spiro atoms. The van der Waals surface area contributed by atoms with Crippen LogP contribution in [0.15, 0.2) is 47.5 Å². The molecule has 3 heterocycles. The second-order valence-electron chi connectivity index (χ2n) is 4.88. The topological polar surface area (TPSA) is 129 Å². The predicted octanol–water partition coefficient (Wildman–Crippen LogP) is 1.15. The molecule has 0 radical (unpaired) electrons. The van der Waals surface area contributed by atoms with E-state index in [1.807, 2.05) is 6.07 Å². The van der Waals surface area contributed by atoms with E-state index in [4.69, 9.17) is 4.52 Å². The van der Waals surface area contributed by atoms with E-state index in [0.29, 0.717) is 12.3 Å². The molecule has 0 saturated carbocycles. The van der Waals surface area contributed by atoms with E-state index in [1.165, 1.54) is 16.9 Å². The fourth-order valence-corrected chi connectivity index (χ4v) is 1.96. The van der Waals surface area contributed by atoms with Crippen LogP contribution in [0.3, 0.4) is 0 Å².